The number of hydrogen-bond acceptors (Lipinski definition) is 2. The maximum atomic E-state index is 10.3. The van der Waals surface area contributed by atoms with Crippen molar-refractivity contribution in [3.8, 4) is 5.75 Å². The number of halogens is 2. The highest BCUT2D eigenvalue weighted by Gasteiger charge is 2.16. The molecular formula is C20H23Cl2NO. The number of hydrogen-bond donors (Lipinski definition) is 1. The van der Waals surface area contributed by atoms with E-state index in [-0.39, 0.29) is 10.8 Å². The van der Waals surface area contributed by atoms with E-state index in [0.29, 0.717) is 28.1 Å². The third kappa shape index (κ3) is 3.93. The SMILES string of the molecule is CC(=Nc1c(C(C)C)cccc1C(C)C)c1cc(Cl)cc(Cl)c1O. The molecule has 2 aromatic carbocycles. The molecule has 0 heterocycles. The van der Waals surface area contributed by atoms with E-state index < -0.39 is 0 Å². The molecule has 0 aliphatic carbocycles. The Bertz CT molecular complexity index is 753. The lowest BCUT2D eigenvalue weighted by Crippen LogP contribution is -2.00. The average molecular weight is 364 g/mol. The van der Waals surface area contributed by atoms with Gasteiger partial charge in [0.2, 0.25) is 0 Å². The van der Waals surface area contributed by atoms with Gasteiger partial charge in [0.1, 0.15) is 5.75 Å². The number of phenols is 1. The molecule has 0 spiro atoms. The molecule has 0 unspecified atom stereocenters. The molecular weight excluding hydrogens is 341 g/mol. The molecule has 0 amide bonds. The number of benzene rings is 2. The number of aliphatic imine (C=N–C) groups is 1. The highest BCUT2D eigenvalue weighted by Crippen LogP contribution is 2.37. The lowest BCUT2D eigenvalue weighted by Gasteiger charge is -2.17. The second-order valence-corrected chi connectivity index (χ2v) is 7.42. The van der Waals surface area contributed by atoms with Crippen LogP contribution in [-0.2, 0) is 0 Å². The van der Waals surface area contributed by atoms with Crippen LogP contribution >= 0.6 is 23.2 Å². The Morgan fingerprint density at radius 1 is 1.00 bits per heavy atom. The molecule has 0 radical (unpaired) electrons. The van der Waals surface area contributed by atoms with Crippen LogP contribution in [0.15, 0.2) is 35.3 Å². The number of rotatable bonds is 4. The highest BCUT2D eigenvalue weighted by molar-refractivity contribution is 6.36. The fourth-order valence-electron chi connectivity index (χ4n) is 2.71. The molecule has 0 saturated heterocycles. The summed E-state index contributed by atoms with van der Waals surface area (Å²) in [4.78, 5) is 4.85. The molecule has 4 heteroatoms. The first-order valence-corrected chi connectivity index (χ1v) is 8.84. The van der Waals surface area contributed by atoms with Crippen LogP contribution in [0.1, 0.15) is 63.1 Å². The maximum absolute atomic E-state index is 10.3. The third-order valence-electron chi connectivity index (χ3n) is 4.04. The van der Waals surface area contributed by atoms with Crippen LogP contribution in [0.4, 0.5) is 5.69 Å². The van der Waals surface area contributed by atoms with Crippen molar-refractivity contribution >= 4 is 34.6 Å². The van der Waals surface area contributed by atoms with E-state index in [1.54, 1.807) is 6.07 Å². The molecule has 0 aromatic heterocycles. The largest absolute Gasteiger partial charge is 0.506 e. The predicted octanol–water partition coefficient (Wildman–Crippen LogP) is 7.09. The van der Waals surface area contributed by atoms with Crippen molar-refractivity contribution in [2.75, 3.05) is 0 Å². The topological polar surface area (TPSA) is 32.6 Å². The van der Waals surface area contributed by atoms with Gasteiger partial charge in [0.15, 0.2) is 0 Å². The fraction of sp³-hybridized carbons (Fsp3) is 0.350. The average Bonchev–Trinajstić information content (AvgIpc) is 2.50. The second kappa shape index (κ2) is 7.58. The summed E-state index contributed by atoms with van der Waals surface area (Å²) < 4.78 is 0. The van der Waals surface area contributed by atoms with Gasteiger partial charge in [0.05, 0.1) is 10.7 Å². The molecule has 0 fully saturated rings. The Labute approximate surface area is 154 Å². The third-order valence-corrected chi connectivity index (χ3v) is 4.55. The Balaban J connectivity index is 2.67. The lowest BCUT2D eigenvalue weighted by molar-refractivity contribution is 0.474. The number of para-hydroxylation sites is 1. The van der Waals surface area contributed by atoms with E-state index in [4.69, 9.17) is 28.2 Å². The van der Waals surface area contributed by atoms with Gasteiger partial charge in [-0.15, -0.1) is 0 Å². The zero-order valence-corrected chi connectivity index (χ0v) is 16.2. The van der Waals surface area contributed by atoms with E-state index in [2.05, 4.69) is 45.9 Å². The lowest BCUT2D eigenvalue weighted by atomic mass is 9.92. The number of phenolic OH excluding ortho intramolecular Hbond substituents is 1. The van der Waals surface area contributed by atoms with Crippen molar-refractivity contribution in [2.24, 2.45) is 4.99 Å². The van der Waals surface area contributed by atoms with Crippen LogP contribution < -0.4 is 0 Å². The van der Waals surface area contributed by atoms with Gasteiger partial charge in [-0.3, -0.25) is 4.99 Å². The standard InChI is InChI=1S/C20H23Cl2NO/c1-11(2)15-7-6-8-16(12(3)4)19(15)23-13(5)17-9-14(21)10-18(22)20(17)24/h6-12,24H,1-5H3. The van der Waals surface area contributed by atoms with E-state index in [1.807, 2.05) is 6.92 Å². The number of aromatic hydroxyl groups is 1. The fourth-order valence-corrected chi connectivity index (χ4v) is 3.20. The molecule has 0 atom stereocenters. The minimum Gasteiger partial charge on any atom is -0.506 e. The summed E-state index contributed by atoms with van der Waals surface area (Å²) in [5.41, 5.74) is 4.59. The van der Waals surface area contributed by atoms with Crippen molar-refractivity contribution in [3.63, 3.8) is 0 Å². The zero-order chi connectivity index (χ0) is 18.0. The summed E-state index contributed by atoms with van der Waals surface area (Å²) in [7, 11) is 0. The normalized spacial score (nSPS) is 12.3. The molecule has 0 aliphatic heterocycles. The molecule has 2 aromatic rings. The van der Waals surface area contributed by atoms with Gasteiger partial charge in [-0.1, -0.05) is 69.1 Å². The smallest absolute Gasteiger partial charge is 0.143 e. The predicted molar refractivity (Wildman–Crippen MR) is 105 cm³/mol. The molecule has 0 saturated carbocycles. The summed E-state index contributed by atoms with van der Waals surface area (Å²) in [5.74, 6) is 0.717. The molecule has 1 N–H and O–H groups in total. The summed E-state index contributed by atoms with van der Waals surface area (Å²) in [6.45, 7) is 10.5. The first-order chi connectivity index (χ1) is 11.2. The minimum atomic E-state index is 0.00967. The second-order valence-electron chi connectivity index (χ2n) is 6.58. The van der Waals surface area contributed by atoms with E-state index >= 15 is 0 Å². The maximum Gasteiger partial charge on any atom is 0.143 e. The van der Waals surface area contributed by atoms with Crippen molar-refractivity contribution in [3.05, 3.63) is 57.1 Å². The van der Waals surface area contributed by atoms with Crippen LogP contribution in [0.5, 0.6) is 5.75 Å². The molecule has 2 nitrogen and oxygen atoms in total. The van der Waals surface area contributed by atoms with Crippen molar-refractivity contribution in [1.82, 2.24) is 0 Å². The van der Waals surface area contributed by atoms with Gasteiger partial charge < -0.3 is 5.11 Å². The van der Waals surface area contributed by atoms with Gasteiger partial charge in [-0.05, 0) is 42.0 Å². The monoisotopic (exact) mass is 363 g/mol. The van der Waals surface area contributed by atoms with Gasteiger partial charge in [0.25, 0.3) is 0 Å². The molecule has 2 rings (SSSR count). The van der Waals surface area contributed by atoms with Gasteiger partial charge in [0, 0.05) is 16.3 Å². The van der Waals surface area contributed by atoms with Crippen LogP contribution in [-0.4, -0.2) is 10.8 Å². The van der Waals surface area contributed by atoms with E-state index in [1.165, 1.54) is 17.2 Å². The first kappa shape index (κ1) is 18.8. The molecule has 24 heavy (non-hydrogen) atoms. The van der Waals surface area contributed by atoms with Crippen molar-refractivity contribution in [1.29, 1.82) is 0 Å². The Morgan fingerprint density at radius 3 is 2.04 bits per heavy atom. The summed E-state index contributed by atoms with van der Waals surface area (Å²) >= 11 is 12.1. The van der Waals surface area contributed by atoms with Crippen molar-refractivity contribution < 1.29 is 5.11 Å². The quantitative estimate of drug-likeness (QED) is 0.577. The van der Waals surface area contributed by atoms with Crippen LogP contribution in [0.2, 0.25) is 10.0 Å². The number of nitrogens with zero attached hydrogens (tertiary/aromatic N) is 1. The first-order valence-electron chi connectivity index (χ1n) is 8.08. The zero-order valence-electron chi connectivity index (χ0n) is 14.7. The van der Waals surface area contributed by atoms with E-state index in [0.717, 1.165) is 5.69 Å². The van der Waals surface area contributed by atoms with E-state index in [9.17, 15) is 5.11 Å². The van der Waals surface area contributed by atoms with Crippen molar-refractivity contribution in [2.45, 2.75) is 46.5 Å². The molecule has 0 aliphatic rings. The summed E-state index contributed by atoms with van der Waals surface area (Å²) in [6, 6.07) is 9.50. The Kier molecular flexibility index (Phi) is 5.95. The van der Waals surface area contributed by atoms with Gasteiger partial charge in [-0.25, -0.2) is 0 Å². The van der Waals surface area contributed by atoms with Crippen LogP contribution in [0.3, 0.4) is 0 Å². The van der Waals surface area contributed by atoms with Gasteiger partial charge >= 0.3 is 0 Å². The summed E-state index contributed by atoms with van der Waals surface area (Å²) in [5, 5.41) is 11.0. The molecule has 0 bridgehead atoms. The Hall–Kier alpha value is -1.51. The minimum absolute atomic E-state index is 0.00967. The Morgan fingerprint density at radius 2 is 1.54 bits per heavy atom. The highest BCUT2D eigenvalue weighted by atomic mass is 35.5. The summed E-state index contributed by atoms with van der Waals surface area (Å²) in [6.07, 6.45) is 0. The van der Waals surface area contributed by atoms with Crippen LogP contribution in [0, 0.1) is 0 Å². The van der Waals surface area contributed by atoms with Crippen LogP contribution in [0.25, 0.3) is 0 Å². The molecule has 128 valence electrons. The van der Waals surface area contributed by atoms with Gasteiger partial charge in [-0.2, -0.15) is 0 Å².